The maximum atomic E-state index is 15.6. The minimum atomic E-state index is -0.818. The van der Waals surface area contributed by atoms with E-state index in [-0.39, 0.29) is 41.7 Å². The number of amides is 1. The van der Waals surface area contributed by atoms with Crippen LogP contribution in [0.2, 0.25) is 0 Å². The van der Waals surface area contributed by atoms with Crippen LogP contribution in [0, 0.1) is 11.6 Å². The van der Waals surface area contributed by atoms with Crippen LogP contribution in [0.1, 0.15) is 16.8 Å². The zero-order valence-corrected chi connectivity index (χ0v) is 21.8. The molecule has 212 valence electrons. The van der Waals surface area contributed by atoms with Crippen molar-refractivity contribution in [2.75, 3.05) is 26.3 Å². The summed E-state index contributed by atoms with van der Waals surface area (Å²) in [7, 11) is 0. The molecule has 3 aliphatic heterocycles. The monoisotopic (exact) mass is 563 g/mol. The van der Waals surface area contributed by atoms with E-state index >= 15 is 8.78 Å². The van der Waals surface area contributed by atoms with Crippen molar-refractivity contribution in [3.05, 3.63) is 71.8 Å². The summed E-state index contributed by atoms with van der Waals surface area (Å²) in [6.07, 6.45) is -2.13. The standard InChI is InChI=1S/C30H27F2N3O6/c31-20-11-21-26(34-30(33-21)41-23-14-40-27-22(37)13-39-28(23)27)25(32)24(20)17-5-1-15(2-6-17)16-3-7-18(8-4-16)29(38)35-10-9-19(36)12-35/h1-8,11,19,22-23,27-28,36-37H,9-10,12-14H2,(H,33,34)/t19?,22-,23-,27?,28?/m0/s1. The highest BCUT2D eigenvalue weighted by Gasteiger charge is 2.48. The van der Waals surface area contributed by atoms with E-state index in [2.05, 4.69) is 9.97 Å². The van der Waals surface area contributed by atoms with Crippen LogP contribution in [0.15, 0.2) is 54.6 Å². The maximum Gasteiger partial charge on any atom is 0.295 e. The lowest BCUT2D eigenvalue weighted by Crippen LogP contribution is -2.34. The Bertz CT molecular complexity index is 1610. The van der Waals surface area contributed by atoms with E-state index in [1.165, 1.54) is 6.07 Å². The fraction of sp³-hybridized carbons (Fsp3) is 0.333. The van der Waals surface area contributed by atoms with E-state index in [1.54, 1.807) is 41.3 Å². The van der Waals surface area contributed by atoms with Gasteiger partial charge in [-0.05, 0) is 35.2 Å². The Morgan fingerprint density at radius 2 is 1.66 bits per heavy atom. The minimum Gasteiger partial charge on any atom is -0.456 e. The number of carbonyl (C=O) groups excluding carboxylic acids is 1. The van der Waals surface area contributed by atoms with Gasteiger partial charge in [0.05, 0.1) is 30.4 Å². The number of likely N-dealkylation sites (tertiary alicyclic amines) is 1. The fourth-order valence-corrected chi connectivity index (χ4v) is 5.81. The number of aliphatic hydroxyl groups is 2. The van der Waals surface area contributed by atoms with Crippen molar-refractivity contribution in [1.82, 2.24) is 14.9 Å². The van der Waals surface area contributed by atoms with Gasteiger partial charge < -0.3 is 34.3 Å². The Morgan fingerprint density at radius 1 is 0.976 bits per heavy atom. The quantitative estimate of drug-likeness (QED) is 0.341. The molecule has 3 fully saturated rings. The van der Waals surface area contributed by atoms with Gasteiger partial charge in [-0.3, -0.25) is 4.79 Å². The number of aromatic amines is 1. The zero-order chi connectivity index (χ0) is 28.2. The van der Waals surface area contributed by atoms with Crippen molar-refractivity contribution in [2.45, 2.75) is 36.9 Å². The van der Waals surface area contributed by atoms with Gasteiger partial charge in [-0.15, -0.1) is 0 Å². The van der Waals surface area contributed by atoms with Gasteiger partial charge in [0.1, 0.15) is 29.6 Å². The number of carbonyl (C=O) groups is 1. The summed E-state index contributed by atoms with van der Waals surface area (Å²) in [6.45, 7) is 1.20. The van der Waals surface area contributed by atoms with Gasteiger partial charge in [-0.1, -0.05) is 36.4 Å². The summed E-state index contributed by atoms with van der Waals surface area (Å²) in [6, 6.07) is 15.1. The number of fused-ring (bicyclic) bond motifs is 2. The molecule has 3 aromatic carbocycles. The van der Waals surface area contributed by atoms with E-state index in [0.29, 0.717) is 30.6 Å². The molecule has 4 aromatic rings. The molecule has 0 saturated carbocycles. The Kier molecular flexibility index (Phi) is 6.46. The topological polar surface area (TPSA) is 117 Å². The number of nitrogens with zero attached hydrogens (tertiary/aromatic N) is 2. The van der Waals surface area contributed by atoms with Crippen molar-refractivity contribution in [3.63, 3.8) is 0 Å². The number of aromatic nitrogens is 2. The van der Waals surface area contributed by atoms with Crippen molar-refractivity contribution in [2.24, 2.45) is 0 Å². The first kappa shape index (κ1) is 26.0. The third kappa shape index (κ3) is 4.64. The Hall–Kier alpha value is -3.90. The molecular formula is C30H27F2N3O6. The SMILES string of the molecule is O=C(c1ccc(-c2ccc(-c3c(F)cc4[nH]c(O[C@H]5COC6C5OC[C@@H]6O)nc4c3F)cc2)cc1)N1CCC(O)C1. The van der Waals surface area contributed by atoms with Crippen LogP contribution < -0.4 is 4.74 Å². The van der Waals surface area contributed by atoms with E-state index in [9.17, 15) is 15.0 Å². The predicted octanol–water partition coefficient (Wildman–Crippen LogP) is 3.29. The molecule has 0 spiro atoms. The molecule has 5 atom stereocenters. The first-order chi connectivity index (χ1) is 19.9. The molecule has 3 unspecified atom stereocenters. The molecule has 1 aromatic heterocycles. The van der Waals surface area contributed by atoms with Crippen LogP contribution in [0.5, 0.6) is 6.01 Å². The third-order valence-electron chi connectivity index (χ3n) is 7.98. The molecule has 7 rings (SSSR count). The number of imidazole rings is 1. The summed E-state index contributed by atoms with van der Waals surface area (Å²) in [5, 5.41) is 19.6. The molecule has 0 aliphatic carbocycles. The smallest absolute Gasteiger partial charge is 0.295 e. The normalized spacial score (nSPS) is 25.7. The highest BCUT2D eigenvalue weighted by Crippen LogP contribution is 2.35. The molecule has 11 heteroatoms. The molecule has 4 heterocycles. The molecule has 0 bridgehead atoms. The third-order valence-corrected chi connectivity index (χ3v) is 7.98. The number of β-amino-alcohol motifs (C(OH)–C–C–N with tert-alkyl or cyclic N) is 1. The second-order valence-electron chi connectivity index (χ2n) is 10.7. The average Bonchev–Trinajstić information content (AvgIpc) is 3.76. The number of H-pyrrole nitrogens is 1. The first-order valence-corrected chi connectivity index (χ1v) is 13.5. The van der Waals surface area contributed by atoms with Crippen LogP contribution in [0.25, 0.3) is 33.3 Å². The van der Waals surface area contributed by atoms with Gasteiger partial charge in [0, 0.05) is 24.7 Å². The number of hydrogen-bond acceptors (Lipinski definition) is 7. The van der Waals surface area contributed by atoms with Crippen LogP contribution in [0.4, 0.5) is 8.78 Å². The zero-order valence-electron chi connectivity index (χ0n) is 21.8. The molecular weight excluding hydrogens is 536 g/mol. The molecule has 3 saturated heterocycles. The van der Waals surface area contributed by atoms with Crippen LogP contribution in [-0.4, -0.2) is 87.8 Å². The average molecular weight is 564 g/mol. The lowest BCUT2D eigenvalue weighted by atomic mass is 9.98. The largest absolute Gasteiger partial charge is 0.456 e. The van der Waals surface area contributed by atoms with Gasteiger partial charge >= 0.3 is 0 Å². The van der Waals surface area contributed by atoms with E-state index in [0.717, 1.165) is 11.1 Å². The van der Waals surface area contributed by atoms with Gasteiger partial charge in [-0.2, -0.15) is 4.98 Å². The molecule has 9 nitrogen and oxygen atoms in total. The molecule has 3 aliphatic rings. The number of hydrogen-bond donors (Lipinski definition) is 3. The minimum absolute atomic E-state index is 0.00729. The van der Waals surface area contributed by atoms with Gasteiger partial charge in [0.2, 0.25) is 0 Å². The number of rotatable bonds is 5. The van der Waals surface area contributed by atoms with Gasteiger partial charge in [0.15, 0.2) is 11.9 Å². The highest BCUT2D eigenvalue weighted by atomic mass is 19.1. The van der Waals surface area contributed by atoms with Crippen molar-refractivity contribution < 1.29 is 38.0 Å². The Labute approximate surface area is 233 Å². The van der Waals surface area contributed by atoms with Crippen LogP contribution in [0.3, 0.4) is 0 Å². The lowest BCUT2D eigenvalue weighted by molar-refractivity contribution is 0.00706. The predicted molar refractivity (Wildman–Crippen MR) is 143 cm³/mol. The van der Waals surface area contributed by atoms with Crippen molar-refractivity contribution in [3.8, 4) is 28.3 Å². The van der Waals surface area contributed by atoms with Gasteiger partial charge in [-0.25, -0.2) is 8.78 Å². The summed E-state index contributed by atoms with van der Waals surface area (Å²) in [4.78, 5) is 21.3. The summed E-state index contributed by atoms with van der Waals surface area (Å²) < 4.78 is 47.7. The summed E-state index contributed by atoms with van der Waals surface area (Å²) >= 11 is 0. The second kappa shape index (κ2) is 10.2. The first-order valence-electron chi connectivity index (χ1n) is 13.5. The van der Waals surface area contributed by atoms with Gasteiger partial charge in [0.25, 0.3) is 11.9 Å². The summed E-state index contributed by atoms with van der Waals surface area (Å²) in [5.41, 5.74) is 2.42. The molecule has 1 amide bonds. The van der Waals surface area contributed by atoms with E-state index < -0.39 is 42.2 Å². The van der Waals surface area contributed by atoms with Crippen molar-refractivity contribution in [1.29, 1.82) is 0 Å². The number of ether oxygens (including phenoxy) is 3. The van der Waals surface area contributed by atoms with Crippen LogP contribution >= 0.6 is 0 Å². The number of benzene rings is 3. The fourth-order valence-electron chi connectivity index (χ4n) is 5.81. The molecule has 41 heavy (non-hydrogen) atoms. The molecule has 0 radical (unpaired) electrons. The van der Waals surface area contributed by atoms with Crippen molar-refractivity contribution >= 4 is 16.9 Å². The van der Waals surface area contributed by atoms with E-state index in [4.69, 9.17) is 14.2 Å². The second-order valence-corrected chi connectivity index (χ2v) is 10.7. The number of aliphatic hydroxyl groups excluding tert-OH is 2. The van der Waals surface area contributed by atoms with E-state index in [1.807, 2.05) is 12.1 Å². The van der Waals surface area contributed by atoms with Crippen LogP contribution in [-0.2, 0) is 9.47 Å². The Balaban J connectivity index is 1.10. The number of nitrogens with one attached hydrogen (secondary N) is 1. The number of halogens is 2. The lowest BCUT2D eigenvalue weighted by Gasteiger charge is -2.15. The maximum absolute atomic E-state index is 15.6. The Morgan fingerprint density at radius 3 is 2.37 bits per heavy atom. The highest BCUT2D eigenvalue weighted by molar-refractivity contribution is 5.95. The molecule has 3 N–H and O–H groups in total. The summed E-state index contributed by atoms with van der Waals surface area (Å²) in [5.74, 6) is -1.69.